The third-order valence-corrected chi connectivity index (χ3v) is 6.89. The number of hydrogen-bond donors (Lipinski definition) is 2. The van der Waals surface area contributed by atoms with Crippen molar-refractivity contribution in [3.8, 4) is 0 Å². The lowest BCUT2D eigenvalue weighted by atomic mass is 10.2. The van der Waals surface area contributed by atoms with Crippen LogP contribution in [0.2, 0.25) is 0 Å². The number of pyridine rings is 1. The van der Waals surface area contributed by atoms with E-state index in [1.54, 1.807) is 17.7 Å². The fourth-order valence-corrected chi connectivity index (χ4v) is 4.96. The van der Waals surface area contributed by atoms with Gasteiger partial charge in [-0.25, -0.2) is 9.97 Å². The van der Waals surface area contributed by atoms with Crippen LogP contribution in [0, 0.1) is 13.8 Å². The molecule has 0 fully saturated rings. The van der Waals surface area contributed by atoms with Crippen molar-refractivity contribution in [2.45, 2.75) is 33.4 Å². The molecule has 0 aliphatic heterocycles. The van der Waals surface area contributed by atoms with Gasteiger partial charge >= 0.3 is 0 Å². The molecule has 0 spiro atoms. The molecule has 0 aliphatic rings. The van der Waals surface area contributed by atoms with Crippen molar-refractivity contribution < 1.29 is 4.79 Å². The van der Waals surface area contributed by atoms with Crippen molar-refractivity contribution in [2.75, 3.05) is 5.32 Å². The zero-order chi connectivity index (χ0) is 20.4. The van der Waals surface area contributed by atoms with E-state index in [0.717, 1.165) is 33.0 Å². The zero-order valence-electron chi connectivity index (χ0n) is 16.4. The van der Waals surface area contributed by atoms with Gasteiger partial charge in [-0.1, -0.05) is 12.1 Å². The van der Waals surface area contributed by atoms with Crippen LogP contribution in [0.5, 0.6) is 0 Å². The summed E-state index contributed by atoms with van der Waals surface area (Å²) >= 11 is 3.09. The summed E-state index contributed by atoms with van der Waals surface area (Å²) < 4.78 is 0. The molecule has 0 saturated carbocycles. The fourth-order valence-electron chi connectivity index (χ4n) is 3.16. The van der Waals surface area contributed by atoms with Gasteiger partial charge in [-0.05, 0) is 49.9 Å². The lowest BCUT2D eigenvalue weighted by Gasteiger charge is -2.13. The molecular weight excluding hydrogens is 402 g/mol. The second-order valence-electron chi connectivity index (χ2n) is 6.79. The number of carbonyl (C=O) groups is 1. The fraction of sp³-hybridized carbons (Fsp3) is 0.238. The molecule has 0 radical (unpaired) electrons. The Bertz CT molecular complexity index is 1150. The normalized spacial score (nSPS) is 12.1. The molecule has 0 bridgehead atoms. The van der Waals surface area contributed by atoms with Gasteiger partial charge in [0.15, 0.2) is 0 Å². The first-order chi connectivity index (χ1) is 14.0. The summed E-state index contributed by atoms with van der Waals surface area (Å²) in [6, 6.07) is 10.0. The molecule has 4 aromatic heterocycles. The van der Waals surface area contributed by atoms with Crippen LogP contribution >= 0.6 is 22.7 Å². The van der Waals surface area contributed by atoms with E-state index in [-0.39, 0.29) is 11.9 Å². The Hall–Kier alpha value is -2.84. The summed E-state index contributed by atoms with van der Waals surface area (Å²) in [5.74, 6) is 0.634. The first-order valence-electron chi connectivity index (χ1n) is 9.27. The molecule has 8 heteroatoms. The van der Waals surface area contributed by atoms with Gasteiger partial charge in [0.05, 0.1) is 28.5 Å². The number of fused-ring (bicyclic) bond motifs is 1. The summed E-state index contributed by atoms with van der Waals surface area (Å²) in [6.07, 6.45) is 1.54. The van der Waals surface area contributed by atoms with E-state index < -0.39 is 0 Å². The predicted octanol–water partition coefficient (Wildman–Crippen LogP) is 4.87. The highest BCUT2D eigenvalue weighted by Crippen LogP contribution is 2.35. The van der Waals surface area contributed by atoms with Crippen molar-refractivity contribution in [3.05, 3.63) is 68.7 Å². The van der Waals surface area contributed by atoms with Crippen molar-refractivity contribution >= 4 is 44.6 Å². The standard InChI is InChI=1S/C21H21N5OS2/c1-12-6-4-7-15(25-12)10-22-20(27)18-13(2)17-19(23-11-24-21(17)29-18)26-14(3)16-8-5-9-28-16/h4-9,11,14H,10H2,1-3H3,(H,22,27)(H,23,24,26)/t14-/m0/s1. The van der Waals surface area contributed by atoms with Crippen LogP contribution in [-0.2, 0) is 6.54 Å². The monoisotopic (exact) mass is 423 g/mol. The van der Waals surface area contributed by atoms with Crippen LogP contribution in [0.3, 0.4) is 0 Å². The molecule has 1 amide bonds. The number of carbonyl (C=O) groups excluding carboxylic acids is 1. The summed E-state index contributed by atoms with van der Waals surface area (Å²) in [4.78, 5) is 28.8. The lowest BCUT2D eigenvalue weighted by molar-refractivity contribution is 0.0954. The van der Waals surface area contributed by atoms with Crippen LogP contribution in [0.1, 0.15) is 44.5 Å². The molecule has 6 nitrogen and oxygen atoms in total. The summed E-state index contributed by atoms with van der Waals surface area (Å²) in [5.41, 5.74) is 2.66. The second kappa shape index (κ2) is 8.26. The van der Waals surface area contributed by atoms with Gasteiger partial charge in [-0.3, -0.25) is 9.78 Å². The highest BCUT2D eigenvalue weighted by molar-refractivity contribution is 7.20. The third-order valence-electron chi connectivity index (χ3n) is 4.63. The highest BCUT2D eigenvalue weighted by Gasteiger charge is 2.20. The van der Waals surface area contributed by atoms with Crippen molar-refractivity contribution in [1.29, 1.82) is 0 Å². The maximum Gasteiger partial charge on any atom is 0.262 e. The topological polar surface area (TPSA) is 79.8 Å². The SMILES string of the molecule is Cc1cccc(CNC(=O)c2sc3ncnc(N[C@@H](C)c4cccs4)c3c2C)n1. The molecule has 4 heterocycles. The highest BCUT2D eigenvalue weighted by atomic mass is 32.1. The zero-order valence-corrected chi connectivity index (χ0v) is 18.0. The van der Waals surface area contributed by atoms with Gasteiger partial charge in [-0.2, -0.15) is 0 Å². The van der Waals surface area contributed by atoms with E-state index in [4.69, 9.17) is 0 Å². The van der Waals surface area contributed by atoms with E-state index in [2.05, 4.69) is 44.0 Å². The minimum Gasteiger partial charge on any atom is -0.362 e. The van der Waals surface area contributed by atoms with Crippen LogP contribution in [-0.4, -0.2) is 20.9 Å². The number of amides is 1. The number of hydrogen-bond acceptors (Lipinski definition) is 7. The Kier molecular flexibility index (Phi) is 5.55. The number of nitrogens with one attached hydrogen (secondary N) is 2. The van der Waals surface area contributed by atoms with Crippen LogP contribution in [0.25, 0.3) is 10.2 Å². The number of aromatic nitrogens is 3. The molecule has 0 unspecified atom stereocenters. The smallest absolute Gasteiger partial charge is 0.262 e. The van der Waals surface area contributed by atoms with Gasteiger partial charge in [0.1, 0.15) is 17.0 Å². The lowest BCUT2D eigenvalue weighted by Crippen LogP contribution is -2.23. The second-order valence-corrected chi connectivity index (χ2v) is 8.77. The largest absolute Gasteiger partial charge is 0.362 e. The predicted molar refractivity (Wildman–Crippen MR) is 119 cm³/mol. The summed E-state index contributed by atoms with van der Waals surface area (Å²) in [7, 11) is 0. The number of rotatable bonds is 6. The Labute approximate surface area is 177 Å². The van der Waals surface area contributed by atoms with Gasteiger partial charge in [-0.15, -0.1) is 22.7 Å². The summed E-state index contributed by atoms with van der Waals surface area (Å²) in [5, 5.41) is 9.40. The van der Waals surface area contributed by atoms with Gasteiger partial charge in [0.25, 0.3) is 5.91 Å². The Balaban J connectivity index is 1.57. The van der Waals surface area contributed by atoms with E-state index in [1.807, 2.05) is 38.1 Å². The number of aryl methyl sites for hydroxylation is 2. The Morgan fingerprint density at radius 2 is 2.03 bits per heavy atom. The average molecular weight is 424 g/mol. The van der Waals surface area contributed by atoms with E-state index in [9.17, 15) is 4.79 Å². The first-order valence-corrected chi connectivity index (χ1v) is 11.0. The maximum atomic E-state index is 12.8. The van der Waals surface area contributed by atoms with Crippen LogP contribution in [0.15, 0.2) is 42.0 Å². The molecule has 4 aromatic rings. The molecule has 29 heavy (non-hydrogen) atoms. The van der Waals surface area contributed by atoms with Gasteiger partial charge in [0, 0.05) is 10.6 Å². The third kappa shape index (κ3) is 4.13. The van der Waals surface area contributed by atoms with Gasteiger partial charge in [0.2, 0.25) is 0 Å². The van der Waals surface area contributed by atoms with Gasteiger partial charge < -0.3 is 10.6 Å². The van der Waals surface area contributed by atoms with Crippen molar-refractivity contribution in [1.82, 2.24) is 20.3 Å². The molecule has 148 valence electrons. The molecular formula is C21H21N5OS2. The minimum atomic E-state index is -0.119. The Morgan fingerprint density at radius 3 is 2.79 bits per heavy atom. The van der Waals surface area contributed by atoms with E-state index in [1.165, 1.54) is 16.2 Å². The molecule has 0 aromatic carbocycles. The molecule has 4 rings (SSSR count). The Morgan fingerprint density at radius 1 is 1.17 bits per heavy atom. The number of thiophene rings is 2. The van der Waals surface area contributed by atoms with Crippen molar-refractivity contribution in [3.63, 3.8) is 0 Å². The van der Waals surface area contributed by atoms with E-state index >= 15 is 0 Å². The molecule has 0 aliphatic carbocycles. The number of anilines is 1. The quantitative estimate of drug-likeness (QED) is 0.463. The van der Waals surface area contributed by atoms with Crippen molar-refractivity contribution in [2.24, 2.45) is 0 Å². The number of nitrogens with zero attached hydrogens (tertiary/aromatic N) is 3. The van der Waals surface area contributed by atoms with Crippen LogP contribution in [0.4, 0.5) is 5.82 Å². The molecule has 0 saturated heterocycles. The summed E-state index contributed by atoms with van der Waals surface area (Å²) in [6.45, 7) is 6.37. The minimum absolute atomic E-state index is 0.119. The molecule has 2 N–H and O–H groups in total. The van der Waals surface area contributed by atoms with E-state index in [0.29, 0.717) is 11.4 Å². The molecule has 1 atom stereocenters. The first kappa shape index (κ1) is 19.5. The maximum absolute atomic E-state index is 12.8. The average Bonchev–Trinajstić information content (AvgIpc) is 3.35. The van der Waals surface area contributed by atoms with Crippen LogP contribution < -0.4 is 10.6 Å².